The topological polar surface area (TPSA) is 29.5 Å². The Kier molecular flexibility index (Phi) is 7.68. The Labute approximate surface area is 106 Å². The van der Waals surface area contributed by atoms with Crippen LogP contribution in [0.2, 0.25) is 0 Å². The van der Waals surface area contributed by atoms with Crippen LogP contribution in [0.3, 0.4) is 0 Å². The van der Waals surface area contributed by atoms with Gasteiger partial charge < -0.3 is 9.64 Å². The number of rotatable bonds is 7. The lowest BCUT2D eigenvalue weighted by molar-refractivity contribution is -0.138. The molecule has 0 fully saturated rings. The van der Waals surface area contributed by atoms with E-state index in [9.17, 15) is 4.79 Å². The molecule has 0 atom stereocenters. The van der Waals surface area contributed by atoms with E-state index in [1.54, 1.807) is 0 Å². The van der Waals surface area contributed by atoms with Crippen molar-refractivity contribution in [2.24, 2.45) is 11.8 Å². The van der Waals surface area contributed by atoms with Gasteiger partial charge in [-0.05, 0) is 25.7 Å². The highest BCUT2D eigenvalue weighted by Crippen LogP contribution is 2.07. The summed E-state index contributed by atoms with van der Waals surface area (Å²) in [7, 11) is 0. The first-order valence-corrected chi connectivity index (χ1v) is 6.46. The highest BCUT2D eigenvalue weighted by molar-refractivity contribution is 5.87. The first kappa shape index (κ1) is 16.0. The monoisotopic (exact) mass is 241 g/mol. The highest BCUT2D eigenvalue weighted by atomic mass is 16.5. The van der Waals surface area contributed by atoms with Gasteiger partial charge in [0.1, 0.15) is 0 Å². The Hall–Kier alpha value is -0.990. The van der Waals surface area contributed by atoms with Crippen molar-refractivity contribution in [3.63, 3.8) is 0 Å². The van der Waals surface area contributed by atoms with Gasteiger partial charge in [-0.1, -0.05) is 27.7 Å². The summed E-state index contributed by atoms with van der Waals surface area (Å²) < 4.78 is 4.98. The average Bonchev–Trinajstić information content (AvgIpc) is 2.15. The molecule has 0 radical (unpaired) electrons. The summed E-state index contributed by atoms with van der Waals surface area (Å²) in [5, 5.41) is 0. The zero-order valence-corrected chi connectivity index (χ0v) is 12.1. The van der Waals surface area contributed by atoms with Crippen molar-refractivity contribution in [1.29, 1.82) is 0 Å². The van der Waals surface area contributed by atoms with E-state index in [1.165, 1.54) is 0 Å². The molecule has 0 bridgehead atoms. The van der Waals surface area contributed by atoms with E-state index in [0.717, 1.165) is 13.1 Å². The van der Waals surface area contributed by atoms with Crippen molar-refractivity contribution < 1.29 is 9.53 Å². The zero-order valence-electron chi connectivity index (χ0n) is 12.1. The third-order valence-electron chi connectivity index (χ3n) is 2.17. The average molecular weight is 241 g/mol. The zero-order chi connectivity index (χ0) is 13.4. The molecule has 3 heteroatoms. The second-order valence-corrected chi connectivity index (χ2v) is 5.27. The molecule has 0 aliphatic rings. The van der Waals surface area contributed by atoms with Crippen LogP contribution < -0.4 is 0 Å². The van der Waals surface area contributed by atoms with Gasteiger partial charge in [0.2, 0.25) is 0 Å². The van der Waals surface area contributed by atoms with Crippen LogP contribution in [0.1, 0.15) is 41.5 Å². The van der Waals surface area contributed by atoms with Gasteiger partial charge >= 0.3 is 5.97 Å². The largest absolute Gasteiger partial charge is 0.463 e. The number of nitrogens with zero attached hydrogens (tertiary/aromatic N) is 1. The van der Waals surface area contributed by atoms with Gasteiger partial charge in [-0.15, -0.1) is 0 Å². The third kappa shape index (κ3) is 7.83. The Bertz CT molecular complexity index is 247. The summed E-state index contributed by atoms with van der Waals surface area (Å²) in [4.78, 5) is 13.7. The molecule has 0 rings (SSSR count). The maximum absolute atomic E-state index is 11.5. The summed E-state index contributed by atoms with van der Waals surface area (Å²) in [6.07, 6.45) is 1.93. The van der Waals surface area contributed by atoms with Gasteiger partial charge in [0.15, 0.2) is 0 Å². The molecule has 0 aliphatic carbocycles. The van der Waals surface area contributed by atoms with E-state index < -0.39 is 0 Å². The van der Waals surface area contributed by atoms with Crippen molar-refractivity contribution in [3.05, 3.63) is 11.8 Å². The predicted molar refractivity (Wildman–Crippen MR) is 71.6 cm³/mol. The molecule has 0 saturated heterocycles. The van der Waals surface area contributed by atoms with E-state index in [0.29, 0.717) is 24.0 Å². The fourth-order valence-electron chi connectivity index (χ4n) is 1.69. The van der Waals surface area contributed by atoms with Crippen molar-refractivity contribution in [2.45, 2.75) is 41.5 Å². The second-order valence-electron chi connectivity index (χ2n) is 5.27. The number of esters is 1. The summed E-state index contributed by atoms with van der Waals surface area (Å²) in [6.45, 7) is 14.7. The number of hydrogen-bond acceptors (Lipinski definition) is 3. The normalized spacial score (nSPS) is 12.1. The number of hydrogen-bond donors (Lipinski definition) is 0. The Morgan fingerprint density at radius 2 is 1.65 bits per heavy atom. The Morgan fingerprint density at radius 3 is 2.00 bits per heavy atom. The van der Waals surface area contributed by atoms with Crippen LogP contribution in [0.5, 0.6) is 0 Å². The molecule has 0 saturated carbocycles. The van der Waals surface area contributed by atoms with E-state index in [1.807, 2.05) is 20.0 Å². The second kappa shape index (κ2) is 8.15. The lowest BCUT2D eigenvalue weighted by Gasteiger charge is -2.25. The minimum absolute atomic E-state index is 0.218. The van der Waals surface area contributed by atoms with Crippen molar-refractivity contribution >= 4 is 5.97 Å². The van der Waals surface area contributed by atoms with Crippen molar-refractivity contribution in [1.82, 2.24) is 4.90 Å². The Balaban J connectivity index is 4.57. The molecule has 0 aromatic rings. The summed E-state index contributed by atoms with van der Waals surface area (Å²) in [5.74, 6) is 0.949. The van der Waals surface area contributed by atoms with Gasteiger partial charge in [-0.3, -0.25) is 0 Å². The SMILES string of the molecule is CCOC(=O)/C(C)=C/N(CC(C)C)CC(C)C. The molecule has 0 spiro atoms. The van der Waals surface area contributed by atoms with Crippen LogP contribution in [0.25, 0.3) is 0 Å². The molecule has 0 heterocycles. The molecule has 0 amide bonds. The molecular weight excluding hydrogens is 214 g/mol. The molecule has 0 aromatic carbocycles. The van der Waals surface area contributed by atoms with Crippen molar-refractivity contribution in [2.75, 3.05) is 19.7 Å². The molecule has 0 N–H and O–H groups in total. The van der Waals surface area contributed by atoms with E-state index in [2.05, 4.69) is 32.6 Å². The highest BCUT2D eigenvalue weighted by Gasteiger charge is 2.10. The van der Waals surface area contributed by atoms with Crippen LogP contribution in [0.15, 0.2) is 11.8 Å². The summed E-state index contributed by atoms with van der Waals surface area (Å²) in [6, 6.07) is 0. The fourth-order valence-corrected chi connectivity index (χ4v) is 1.69. The first-order chi connectivity index (χ1) is 7.86. The quantitative estimate of drug-likeness (QED) is 0.507. The van der Waals surface area contributed by atoms with Crippen LogP contribution in [0, 0.1) is 11.8 Å². The fraction of sp³-hybridized carbons (Fsp3) is 0.786. The van der Waals surface area contributed by atoms with Gasteiger partial charge in [0.25, 0.3) is 0 Å². The lowest BCUT2D eigenvalue weighted by Crippen LogP contribution is -2.27. The van der Waals surface area contributed by atoms with E-state index in [4.69, 9.17) is 4.74 Å². The molecule has 17 heavy (non-hydrogen) atoms. The van der Waals surface area contributed by atoms with Gasteiger partial charge in [0.05, 0.1) is 6.61 Å². The molecular formula is C14H27NO2. The predicted octanol–water partition coefficient (Wildman–Crippen LogP) is 3.07. The maximum atomic E-state index is 11.5. The minimum atomic E-state index is -0.218. The van der Waals surface area contributed by atoms with E-state index >= 15 is 0 Å². The number of ether oxygens (including phenoxy) is 1. The third-order valence-corrected chi connectivity index (χ3v) is 2.17. The summed E-state index contributed by atoms with van der Waals surface area (Å²) in [5.41, 5.74) is 0.674. The molecule has 100 valence electrons. The van der Waals surface area contributed by atoms with Crippen LogP contribution in [-0.4, -0.2) is 30.6 Å². The maximum Gasteiger partial charge on any atom is 0.335 e. The molecule has 3 nitrogen and oxygen atoms in total. The van der Waals surface area contributed by atoms with Crippen LogP contribution >= 0.6 is 0 Å². The lowest BCUT2D eigenvalue weighted by atomic mass is 10.1. The Morgan fingerprint density at radius 1 is 1.18 bits per heavy atom. The van der Waals surface area contributed by atoms with E-state index in [-0.39, 0.29) is 5.97 Å². The van der Waals surface area contributed by atoms with Gasteiger partial charge in [-0.25, -0.2) is 4.79 Å². The number of carbonyl (C=O) groups is 1. The molecule has 0 unspecified atom stereocenters. The van der Waals surface area contributed by atoms with Crippen LogP contribution in [0.4, 0.5) is 0 Å². The standard InChI is InChI=1S/C14H27NO2/c1-7-17-14(16)13(6)10-15(8-11(2)3)9-12(4)5/h10-12H,7-9H2,1-6H3/b13-10+. The molecule has 0 aromatic heterocycles. The van der Waals surface area contributed by atoms with Gasteiger partial charge in [0, 0.05) is 24.9 Å². The number of carbonyl (C=O) groups excluding carboxylic acids is 1. The smallest absolute Gasteiger partial charge is 0.335 e. The molecule has 0 aliphatic heterocycles. The summed E-state index contributed by atoms with van der Waals surface area (Å²) >= 11 is 0. The van der Waals surface area contributed by atoms with Gasteiger partial charge in [-0.2, -0.15) is 0 Å². The van der Waals surface area contributed by atoms with Crippen LogP contribution in [-0.2, 0) is 9.53 Å². The first-order valence-electron chi connectivity index (χ1n) is 6.46. The minimum Gasteiger partial charge on any atom is -0.463 e. The van der Waals surface area contributed by atoms with Crippen molar-refractivity contribution in [3.8, 4) is 0 Å².